The third kappa shape index (κ3) is 2.45. The molecule has 0 saturated carbocycles. The first-order valence-electron chi connectivity index (χ1n) is 4.30. The van der Waals surface area contributed by atoms with Crippen molar-refractivity contribution in [2.24, 2.45) is 0 Å². The van der Waals surface area contributed by atoms with E-state index >= 15 is 0 Å². The Kier molecular flexibility index (Phi) is 3.75. The number of benzene rings is 1. The molecule has 0 aliphatic heterocycles. The van der Waals surface area contributed by atoms with E-state index in [4.69, 9.17) is 5.11 Å². The monoisotopic (exact) mass is 244 g/mol. The first-order valence-corrected chi connectivity index (χ1v) is 5.09. The maximum Gasteiger partial charge on any atom is 0.122 e. The van der Waals surface area contributed by atoms with Crippen molar-refractivity contribution < 1.29 is 10.2 Å². The Morgan fingerprint density at radius 3 is 2.46 bits per heavy atom. The zero-order valence-electron chi connectivity index (χ0n) is 7.55. The molecule has 0 fully saturated rings. The molecule has 0 aliphatic carbocycles. The zero-order valence-corrected chi connectivity index (χ0v) is 9.13. The number of aliphatic hydroxyl groups excluding tert-OH is 1. The molecule has 1 aromatic carbocycles. The van der Waals surface area contributed by atoms with Crippen molar-refractivity contribution in [3.63, 3.8) is 0 Å². The van der Waals surface area contributed by atoms with E-state index in [0.717, 1.165) is 22.0 Å². The summed E-state index contributed by atoms with van der Waals surface area (Å²) in [6.07, 6.45) is 1.29. The van der Waals surface area contributed by atoms with Crippen LogP contribution < -0.4 is 0 Å². The van der Waals surface area contributed by atoms with E-state index < -0.39 is 0 Å². The number of phenols is 1. The van der Waals surface area contributed by atoms with E-state index in [1.807, 2.05) is 19.1 Å². The van der Waals surface area contributed by atoms with Gasteiger partial charge in [0.15, 0.2) is 0 Å². The SMILES string of the molecule is CCc1cc(Br)cc(CCO)c1O. The van der Waals surface area contributed by atoms with Gasteiger partial charge in [-0.05, 0) is 36.1 Å². The van der Waals surface area contributed by atoms with Gasteiger partial charge < -0.3 is 10.2 Å². The summed E-state index contributed by atoms with van der Waals surface area (Å²) in [5.41, 5.74) is 1.71. The van der Waals surface area contributed by atoms with Crippen LogP contribution in [0.15, 0.2) is 16.6 Å². The summed E-state index contributed by atoms with van der Waals surface area (Å²) in [6, 6.07) is 3.74. The molecule has 0 saturated heterocycles. The molecule has 3 heteroatoms. The van der Waals surface area contributed by atoms with Crippen LogP contribution in [0.5, 0.6) is 5.75 Å². The van der Waals surface area contributed by atoms with Crippen LogP contribution in [-0.2, 0) is 12.8 Å². The summed E-state index contributed by atoms with van der Waals surface area (Å²) in [4.78, 5) is 0. The molecule has 0 bridgehead atoms. The van der Waals surface area contributed by atoms with Gasteiger partial charge in [0.1, 0.15) is 5.75 Å². The van der Waals surface area contributed by atoms with Crippen molar-refractivity contribution in [2.75, 3.05) is 6.61 Å². The van der Waals surface area contributed by atoms with E-state index in [-0.39, 0.29) is 6.61 Å². The van der Waals surface area contributed by atoms with E-state index in [1.165, 1.54) is 0 Å². The predicted molar refractivity (Wildman–Crippen MR) is 56.0 cm³/mol. The van der Waals surface area contributed by atoms with Gasteiger partial charge in [0.25, 0.3) is 0 Å². The Labute approximate surface area is 86.3 Å². The zero-order chi connectivity index (χ0) is 9.84. The summed E-state index contributed by atoms with van der Waals surface area (Å²) in [5.74, 6) is 0.319. The van der Waals surface area contributed by atoms with Crippen LogP contribution in [0.2, 0.25) is 0 Å². The number of halogens is 1. The van der Waals surface area contributed by atoms with Gasteiger partial charge in [0, 0.05) is 11.1 Å². The highest BCUT2D eigenvalue weighted by Gasteiger charge is 2.06. The fraction of sp³-hybridized carbons (Fsp3) is 0.400. The Balaban J connectivity index is 3.11. The minimum atomic E-state index is 0.0627. The number of phenolic OH excluding ortho intramolecular Hbond substituents is 1. The molecule has 0 spiro atoms. The molecule has 0 radical (unpaired) electrons. The third-order valence-electron chi connectivity index (χ3n) is 1.99. The van der Waals surface area contributed by atoms with Crippen molar-refractivity contribution in [3.8, 4) is 5.75 Å². The van der Waals surface area contributed by atoms with Gasteiger partial charge in [-0.15, -0.1) is 0 Å². The van der Waals surface area contributed by atoms with Crippen LogP contribution in [-0.4, -0.2) is 16.8 Å². The van der Waals surface area contributed by atoms with Gasteiger partial charge in [0.05, 0.1) is 0 Å². The molecule has 0 atom stereocenters. The molecule has 1 rings (SSSR count). The molecular formula is C10H13BrO2. The summed E-state index contributed by atoms with van der Waals surface area (Å²) in [7, 11) is 0. The van der Waals surface area contributed by atoms with E-state index in [2.05, 4.69) is 15.9 Å². The molecule has 0 heterocycles. The predicted octanol–water partition coefficient (Wildman–Crippen LogP) is 2.25. The number of hydrogen-bond donors (Lipinski definition) is 2. The number of aromatic hydroxyl groups is 1. The Morgan fingerprint density at radius 1 is 1.31 bits per heavy atom. The van der Waals surface area contributed by atoms with Gasteiger partial charge in [-0.25, -0.2) is 0 Å². The second-order valence-electron chi connectivity index (χ2n) is 2.90. The van der Waals surface area contributed by atoms with E-state index in [9.17, 15) is 5.11 Å². The van der Waals surface area contributed by atoms with Crippen LogP contribution in [0.1, 0.15) is 18.1 Å². The molecule has 0 unspecified atom stereocenters. The third-order valence-corrected chi connectivity index (χ3v) is 2.45. The lowest BCUT2D eigenvalue weighted by atomic mass is 10.0. The van der Waals surface area contributed by atoms with Crippen LogP contribution in [0.3, 0.4) is 0 Å². The maximum atomic E-state index is 9.71. The topological polar surface area (TPSA) is 40.5 Å². The number of hydrogen-bond acceptors (Lipinski definition) is 2. The Bertz CT molecular complexity index is 297. The lowest BCUT2D eigenvalue weighted by Gasteiger charge is -2.08. The summed E-state index contributed by atoms with van der Waals surface area (Å²) in [5, 5.41) is 18.5. The minimum Gasteiger partial charge on any atom is -0.507 e. The lowest BCUT2D eigenvalue weighted by Crippen LogP contribution is -1.94. The molecule has 0 aromatic heterocycles. The van der Waals surface area contributed by atoms with Crippen molar-refractivity contribution in [2.45, 2.75) is 19.8 Å². The van der Waals surface area contributed by atoms with Gasteiger partial charge in [-0.2, -0.15) is 0 Å². The normalized spacial score (nSPS) is 10.4. The fourth-order valence-electron chi connectivity index (χ4n) is 1.30. The molecular weight excluding hydrogens is 232 g/mol. The standard InChI is InChI=1S/C10H13BrO2/c1-2-7-5-9(11)6-8(3-4-12)10(7)13/h5-6,12-13H,2-4H2,1H3. The fourth-order valence-corrected chi connectivity index (χ4v) is 1.85. The Hall–Kier alpha value is -0.540. The average molecular weight is 245 g/mol. The van der Waals surface area contributed by atoms with Crippen molar-refractivity contribution in [1.29, 1.82) is 0 Å². The first-order chi connectivity index (χ1) is 6.19. The average Bonchev–Trinajstić information content (AvgIpc) is 2.11. The summed E-state index contributed by atoms with van der Waals surface area (Å²) >= 11 is 3.37. The Morgan fingerprint density at radius 2 is 1.92 bits per heavy atom. The summed E-state index contributed by atoms with van der Waals surface area (Å²) < 4.78 is 0.950. The number of aliphatic hydroxyl groups is 1. The lowest BCUT2D eigenvalue weighted by molar-refractivity contribution is 0.297. The summed E-state index contributed by atoms with van der Waals surface area (Å²) in [6.45, 7) is 2.05. The second-order valence-corrected chi connectivity index (χ2v) is 3.82. The van der Waals surface area contributed by atoms with Crippen LogP contribution in [0.25, 0.3) is 0 Å². The van der Waals surface area contributed by atoms with Crippen LogP contribution in [0, 0.1) is 0 Å². The smallest absolute Gasteiger partial charge is 0.122 e. The van der Waals surface area contributed by atoms with Gasteiger partial charge >= 0.3 is 0 Å². The molecule has 1 aromatic rings. The highest BCUT2D eigenvalue weighted by Crippen LogP contribution is 2.27. The van der Waals surface area contributed by atoms with E-state index in [0.29, 0.717) is 12.2 Å². The van der Waals surface area contributed by atoms with E-state index in [1.54, 1.807) is 0 Å². The second kappa shape index (κ2) is 4.63. The molecule has 13 heavy (non-hydrogen) atoms. The maximum absolute atomic E-state index is 9.71. The highest BCUT2D eigenvalue weighted by atomic mass is 79.9. The van der Waals surface area contributed by atoms with Crippen molar-refractivity contribution >= 4 is 15.9 Å². The molecule has 72 valence electrons. The van der Waals surface area contributed by atoms with Crippen molar-refractivity contribution in [3.05, 3.63) is 27.7 Å². The molecule has 0 amide bonds. The minimum absolute atomic E-state index is 0.0627. The first kappa shape index (κ1) is 10.5. The van der Waals surface area contributed by atoms with Crippen molar-refractivity contribution in [1.82, 2.24) is 0 Å². The number of aryl methyl sites for hydroxylation is 1. The molecule has 2 N–H and O–H groups in total. The largest absolute Gasteiger partial charge is 0.507 e. The highest BCUT2D eigenvalue weighted by molar-refractivity contribution is 9.10. The molecule has 2 nitrogen and oxygen atoms in total. The van der Waals surface area contributed by atoms with Crippen LogP contribution in [0.4, 0.5) is 0 Å². The van der Waals surface area contributed by atoms with Gasteiger partial charge in [0.2, 0.25) is 0 Å². The van der Waals surface area contributed by atoms with Gasteiger partial charge in [-0.1, -0.05) is 22.9 Å². The quantitative estimate of drug-likeness (QED) is 0.857. The molecule has 0 aliphatic rings. The number of rotatable bonds is 3. The van der Waals surface area contributed by atoms with Gasteiger partial charge in [-0.3, -0.25) is 0 Å². The van der Waals surface area contributed by atoms with Crippen LogP contribution >= 0.6 is 15.9 Å².